The third-order valence-corrected chi connectivity index (χ3v) is 3.56. The van der Waals surface area contributed by atoms with Crippen molar-refractivity contribution < 1.29 is 4.79 Å². The van der Waals surface area contributed by atoms with Gasteiger partial charge < -0.3 is 4.98 Å². The second-order valence-electron chi connectivity index (χ2n) is 4.70. The quantitative estimate of drug-likeness (QED) is 0.715. The van der Waals surface area contributed by atoms with Crippen molar-refractivity contribution in [3.63, 3.8) is 0 Å². The number of aromatic amines is 1. The Kier molecular flexibility index (Phi) is 1.93. The molecule has 2 nitrogen and oxygen atoms in total. The SMILES string of the molecule is Cc1ccc(C)c2c3c([nH]c12)CCCC3=O. The van der Waals surface area contributed by atoms with Crippen LogP contribution in [0.1, 0.15) is 40.0 Å². The number of H-pyrrole nitrogens is 1. The molecular weight excluding hydrogens is 198 g/mol. The average molecular weight is 213 g/mol. The average Bonchev–Trinajstić information content (AvgIpc) is 2.65. The van der Waals surface area contributed by atoms with Crippen molar-refractivity contribution in [1.82, 2.24) is 4.98 Å². The maximum atomic E-state index is 12.0. The number of nitrogens with one attached hydrogen (secondary N) is 1. The van der Waals surface area contributed by atoms with Crippen LogP contribution in [0, 0.1) is 13.8 Å². The van der Waals surface area contributed by atoms with Crippen LogP contribution in [0.4, 0.5) is 0 Å². The van der Waals surface area contributed by atoms with E-state index in [1.54, 1.807) is 0 Å². The van der Waals surface area contributed by atoms with Crippen LogP contribution in [0.5, 0.6) is 0 Å². The fourth-order valence-electron chi connectivity index (χ4n) is 2.70. The highest BCUT2D eigenvalue weighted by Gasteiger charge is 2.23. The zero-order chi connectivity index (χ0) is 11.3. The predicted octanol–water partition coefficient (Wildman–Crippen LogP) is 3.30. The molecule has 3 rings (SSSR count). The molecule has 1 aromatic carbocycles. The summed E-state index contributed by atoms with van der Waals surface area (Å²) in [4.78, 5) is 15.4. The topological polar surface area (TPSA) is 32.9 Å². The molecule has 0 spiro atoms. The van der Waals surface area contributed by atoms with Crippen LogP contribution >= 0.6 is 0 Å². The zero-order valence-electron chi connectivity index (χ0n) is 9.68. The molecule has 0 unspecified atom stereocenters. The van der Waals surface area contributed by atoms with E-state index in [9.17, 15) is 4.79 Å². The van der Waals surface area contributed by atoms with Crippen LogP contribution in [-0.2, 0) is 6.42 Å². The summed E-state index contributed by atoms with van der Waals surface area (Å²) in [5.41, 5.74) is 5.68. The normalized spacial score (nSPS) is 15.5. The molecule has 0 radical (unpaired) electrons. The first kappa shape index (κ1) is 9.64. The Hall–Kier alpha value is -1.57. The van der Waals surface area contributed by atoms with Gasteiger partial charge in [-0.05, 0) is 37.8 Å². The molecular formula is C14H15NO. The molecule has 0 saturated heterocycles. The minimum Gasteiger partial charge on any atom is -0.358 e. The lowest BCUT2D eigenvalue weighted by molar-refractivity contribution is 0.0974. The Labute approximate surface area is 94.7 Å². The highest BCUT2D eigenvalue weighted by molar-refractivity contribution is 6.11. The summed E-state index contributed by atoms with van der Waals surface area (Å²) in [6, 6.07) is 4.22. The number of hydrogen-bond donors (Lipinski definition) is 1. The molecule has 0 bridgehead atoms. The van der Waals surface area contributed by atoms with Crippen molar-refractivity contribution >= 4 is 16.7 Å². The molecule has 1 N–H and O–H groups in total. The number of aromatic nitrogens is 1. The number of fused-ring (bicyclic) bond motifs is 3. The van der Waals surface area contributed by atoms with E-state index in [4.69, 9.17) is 0 Å². The van der Waals surface area contributed by atoms with Crippen molar-refractivity contribution in [3.8, 4) is 0 Å². The van der Waals surface area contributed by atoms with Gasteiger partial charge in [-0.15, -0.1) is 0 Å². The number of carbonyl (C=O) groups is 1. The Morgan fingerprint density at radius 3 is 2.69 bits per heavy atom. The molecule has 0 amide bonds. The van der Waals surface area contributed by atoms with Gasteiger partial charge in [0.1, 0.15) is 0 Å². The lowest BCUT2D eigenvalue weighted by Gasteiger charge is -2.10. The lowest BCUT2D eigenvalue weighted by Crippen LogP contribution is -2.09. The maximum Gasteiger partial charge on any atom is 0.165 e. The second-order valence-corrected chi connectivity index (χ2v) is 4.70. The highest BCUT2D eigenvalue weighted by atomic mass is 16.1. The van der Waals surface area contributed by atoms with E-state index in [1.807, 2.05) is 0 Å². The minimum atomic E-state index is 0.307. The number of hydrogen-bond acceptors (Lipinski definition) is 1. The standard InChI is InChI=1S/C14H15NO/c1-8-6-7-9(2)14-12(8)13-10(15-14)4-3-5-11(13)16/h6-7,15H,3-5H2,1-2H3. The largest absolute Gasteiger partial charge is 0.358 e. The van der Waals surface area contributed by atoms with E-state index in [1.165, 1.54) is 11.1 Å². The summed E-state index contributed by atoms with van der Waals surface area (Å²) in [5.74, 6) is 0.307. The number of carbonyl (C=O) groups excluding carboxylic acids is 1. The predicted molar refractivity (Wildman–Crippen MR) is 65.0 cm³/mol. The number of benzene rings is 1. The number of rotatable bonds is 0. The first-order chi connectivity index (χ1) is 7.68. The van der Waals surface area contributed by atoms with Gasteiger partial charge in [-0.25, -0.2) is 0 Å². The fourth-order valence-corrected chi connectivity index (χ4v) is 2.70. The van der Waals surface area contributed by atoms with E-state index in [0.717, 1.165) is 35.0 Å². The Bertz CT molecular complexity index is 592. The van der Waals surface area contributed by atoms with Crippen LogP contribution in [-0.4, -0.2) is 10.8 Å². The molecule has 0 atom stereocenters. The molecule has 1 aromatic heterocycles. The Morgan fingerprint density at radius 1 is 1.12 bits per heavy atom. The monoisotopic (exact) mass is 213 g/mol. The molecule has 0 fully saturated rings. The lowest BCUT2D eigenvalue weighted by atomic mass is 9.92. The third-order valence-electron chi connectivity index (χ3n) is 3.56. The van der Waals surface area contributed by atoms with E-state index < -0.39 is 0 Å². The van der Waals surface area contributed by atoms with Crippen molar-refractivity contribution in [2.45, 2.75) is 33.1 Å². The Balaban J connectivity index is 2.46. The van der Waals surface area contributed by atoms with Crippen molar-refractivity contribution in [2.24, 2.45) is 0 Å². The van der Waals surface area contributed by atoms with Gasteiger partial charge in [-0.2, -0.15) is 0 Å². The van der Waals surface area contributed by atoms with Crippen LogP contribution in [0.15, 0.2) is 12.1 Å². The van der Waals surface area contributed by atoms with Crippen LogP contribution in [0.2, 0.25) is 0 Å². The smallest absolute Gasteiger partial charge is 0.165 e. The number of ketones is 1. The van der Waals surface area contributed by atoms with Crippen LogP contribution in [0.25, 0.3) is 10.9 Å². The minimum absolute atomic E-state index is 0.307. The van der Waals surface area contributed by atoms with Gasteiger partial charge in [-0.3, -0.25) is 4.79 Å². The molecule has 2 aromatic rings. The van der Waals surface area contributed by atoms with E-state index in [2.05, 4.69) is 31.0 Å². The van der Waals surface area contributed by atoms with Gasteiger partial charge in [0.05, 0.1) is 0 Å². The van der Waals surface area contributed by atoms with E-state index in [0.29, 0.717) is 12.2 Å². The summed E-state index contributed by atoms with van der Waals surface area (Å²) < 4.78 is 0. The zero-order valence-corrected chi connectivity index (χ0v) is 9.68. The molecule has 1 aliphatic carbocycles. The summed E-state index contributed by atoms with van der Waals surface area (Å²) in [7, 11) is 0. The van der Waals surface area contributed by atoms with Gasteiger partial charge in [0, 0.05) is 28.6 Å². The van der Waals surface area contributed by atoms with E-state index >= 15 is 0 Å². The molecule has 1 heterocycles. The molecule has 16 heavy (non-hydrogen) atoms. The summed E-state index contributed by atoms with van der Waals surface area (Å²) in [6.07, 6.45) is 2.69. The molecule has 82 valence electrons. The van der Waals surface area contributed by atoms with E-state index in [-0.39, 0.29) is 0 Å². The van der Waals surface area contributed by atoms with Gasteiger partial charge in [0.2, 0.25) is 0 Å². The number of Topliss-reactive ketones (excluding diaryl/α,β-unsaturated/α-hetero) is 1. The first-order valence-corrected chi connectivity index (χ1v) is 5.82. The van der Waals surface area contributed by atoms with Crippen molar-refractivity contribution in [2.75, 3.05) is 0 Å². The second kappa shape index (κ2) is 3.21. The third kappa shape index (κ3) is 1.16. The van der Waals surface area contributed by atoms with Gasteiger partial charge in [-0.1, -0.05) is 12.1 Å². The summed E-state index contributed by atoms with van der Waals surface area (Å²) in [5, 5.41) is 1.15. The fraction of sp³-hybridized carbons (Fsp3) is 0.357. The van der Waals surface area contributed by atoms with Crippen LogP contribution in [0.3, 0.4) is 0 Å². The molecule has 1 aliphatic rings. The highest BCUT2D eigenvalue weighted by Crippen LogP contribution is 2.32. The summed E-state index contributed by atoms with van der Waals surface area (Å²) >= 11 is 0. The Morgan fingerprint density at radius 2 is 1.88 bits per heavy atom. The van der Waals surface area contributed by atoms with Crippen molar-refractivity contribution in [1.29, 1.82) is 0 Å². The van der Waals surface area contributed by atoms with Crippen LogP contribution < -0.4 is 0 Å². The summed E-state index contributed by atoms with van der Waals surface area (Å²) in [6.45, 7) is 4.17. The first-order valence-electron chi connectivity index (χ1n) is 5.82. The van der Waals surface area contributed by atoms with Gasteiger partial charge >= 0.3 is 0 Å². The maximum absolute atomic E-state index is 12.0. The van der Waals surface area contributed by atoms with Gasteiger partial charge in [0.25, 0.3) is 0 Å². The molecule has 0 aliphatic heterocycles. The molecule has 2 heteroatoms. The molecule has 0 saturated carbocycles. The van der Waals surface area contributed by atoms with Gasteiger partial charge in [0.15, 0.2) is 5.78 Å². The number of aryl methyl sites for hydroxylation is 3. The van der Waals surface area contributed by atoms with Crippen molar-refractivity contribution in [3.05, 3.63) is 34.5 Å².